The Morgan fingerprint density at radius 2 is 2.00 bits per heavy atom. The molecule has 16 heavy (non-hydrogen) atoms. The van der Waals surface area contributed by atoms with Gasteiger partial charge in [-0.15, -0.1) is 0 Å². The molecule has 0 spiro atoms. The number of hydrogen-bond donors (Lipinski definition) is 3. The maximum Gasteiger partial charge on any atom is 0.490 e. The molecule has 1 aliphatic rings. The van der Waals surface area contributed by atoms with E-state index in [0.717, 1.165) is 13.1 Å². The van der Waals surface area contributed by atoms with Gasteiger partial charge >= 0.3 is 12.1 Å². The zero-order chi connectivity index (χ0) is 12.8. The zero-order valence-corrected chi connectivity index (χ0v) is 8.62. The molecule has 1 rings (SSSR count). The summed E-state index contributed by atoms with van der Waals surface area (Å²) in [6.07, 6.45) is -4.83. The minimum Gasteiger partial charge on any atom is -0.475 e. The highest BCUT2D eigenvalue weighted by Crippen LogP contribution is 2.13. The van der Waals surface area contributed by atoms with Crippen LogP contribution in [-0.4, -0.2) is 54.3 Å². The molecule has 8 heteroatoms. The summed E-state index contributed by atoms with van der Waals surface area (Å²) >= 11 is 0. The highest BCUT2D eigenvalue weighted by atomic mass is 19.4. The molecule has 1 heterocycles. The Morgan fingerprint density at radius 1 is 1.50 bits per heavy atom. The van der Waals surface area contributed by atoms with Crippen LogP contribution in [0.2, 0.25) is 0 Å². The van der Waals surface area contributed by atoms with Crippen LogP contribution in [0.1, 0.15) is 6.92 Å². The van der Waals surface area contributed by atoms with Gasteiger partial charge in [-0.2, -0.15) is 13.2 Å². The lowest BCUT2D eigenvalue weighted by atomic mass is 10.3. The van der Waals surface area contributed by atoms with Crippen molar-refractivity contribution in [3.8, 4) is 0 Å². The number of carbonyl (C=O) groups is 1. The van der Waals surface area contributed by atoms with Gasteiger partial charge in [-0.1, -0.05) is 0 Å². The number of carboxylic acids is 1. The molecule has 0 saturated carbocycles. The predicted octanol–water partition coefficient (Wildman–Crippen LogP) is -0.0111. The third-order valence-electron chi connectivity index (χ3n) is 1.67. The Hall–Kier alpha value is -0.860. The number of alkyl halides is 3. The van der Waals surface area contributed by atoms with Gasteiger partial charge < -0.3 is 20.3 Å². The SMILES string of the molecule is C[C@@H]1CNC[C@H](CO)O1.O=C(O)C(F)(F)F. The number of aliphatic hydroxyl groups excluding tert-OH is 1. The number of carboxylic acid groups (broad SMARTS) is 1. The average molecular weight is 245 g/mol. The first-order valence-electron chi connectivity index (χ1n) is 4.54. The van der Waals surface area contributed by atoms with Crippen LogP contribution in [-0.2, 0) is 9.53 Å². The molecule has 0 amide bonds. The summed E-state index contributed by atoms with van der Waals surface area (Å²) in [6, 6.07) is 0. The molecule has 0 bridgehead atoms. The summed E-state index contributed by atoms with van der Waals surface area (Å²) < 4.78 is 37.1. The first-order chi connectivity index (χ1) is 7.27. The zero-order valence-electron chi connectivity index (χ0n) is 8.62. The quantitative estimate of drug-likeness (QED) is 0.605. The van der Waals surface area contributed by atoms with Gasteiger partial charge in [0, 0.05) is 13.1 Å². The van der Waals surface area contributed by atoms with Gasteiger partial charge in [0.1, 0.15) is 0 Å². The van der Waals surface area contributed by atoms with E-state index < -0.39 is 12.1 Å². The van der Waals surface area contributed by atoms with E-state index in [1.807, 2.05) is 6.92 Å². The second kappa shape index (κ2) is 6.66. The molecular formula is C8H14F3NO4. The van der Waals surface area contributed by atoms with Gasteiger partial charge in [0.05, 0.1) is 18.8 Å². The van der Waals surface area contributed by atoms with Gasteiger partial charge in [-0.25, -0.2) is 4.79 Å². The van der Waals surface area contributed by atoms with Gasteiger partial charge in [0.2, 0.25) is 0 Å². The highest BCUT2D eigenvalue weighted by molar-refractivity contribution is 5.73. The molecule has 0 aliphatic carbocycles. The number of rotatable bonds is 1. The summed E-state index contributed by atoms with van der Waals surface area (Å²) in [6.45, 7) is 3.80. The predicted molar refractivity (Wildman–Crippen MR) is 48.0 cm³/mol. The first-order valence-corrected chi connectivity index (χ1v) is 4.54. The van der Waals surface area contributed by atoms with Crippen LogP contribution in [0, 0.1) is 0 Å². The summed E-state index contributed by atoms with van der Waals surface area (Å²) in [5, 5.41) is 18.9. The van der Waals surface area contributed by atoms with Crippen LogP contribution in [0.15, 0.2) is 0 Å². The van der Waals surface area contributed by atoms with E-state index in [-0.39, 0.29) is 18.8 Å². The molecule has 5 nitrogen and oxygen atoms in total. The maximum atomic E-state index is 10.6. The third kappa shape index (κ3) is 6.59. The van der Waals surface area contributed by atoms with Crippen molar-refractivity contribution in [1.82, 2.24) is 5.32 Å². The topological polar surface area (TPSA) is 78.8 Å². The number of aliphatic hydroxyl groups is 1. The number of aliphatic carboxylic acids is 1. The average Bonchev–Trinajstić information content (AvgIpc) is 2.17. The molecule has 1 saturated heterocycles. The van der Waals surface area contributed by atoms with E-state index >= 15 is 0 Å². The van der Waals surface area contributed by atoms with E-state index in [1.54, 1.807) is 0 Å². The summed E-state index contributed by atoms with van der Waals surface area (Å²) in [4.78, 5) is 8.90. The first kappa shape index (κ1) is 15.1. The highest BCUT2D eigenvalue weighted by Gasteiger charge is 2.38. The van der Waals surface area contributed by atoms with Crippen molar-refractivity contribution in [2.24, 2.45) is 0 Å². The lowest BCUT2D eigenvalue weighted by molar-refractivity contribution is -0.192. The monoisotopic (exact) mass is 245 g/mol. The normalized spacial score (nSPS) is 25.6. The molecule has 0 aromatic rings. The van der Waals surface area contributed by atoms with Crippen LogP contribution in [0.25, 0.3) is 0 Å². The third-order valence-corrected chi connectivity index (χ3v) is 1.67. The van der Waals surface area contributed by atoms with E-state index in [2.05, 4.69) is 5.32 Å². The lowest BCUT2D eigenvalue weighted by Crippen LogP contribution is -2.44. The van der Waals surface area contributed by atoms with Gasteiger partial charge in [0.25, 0.3) is 0 Å². The van der Waals surface area contributed by atoms with Crippen LogP contribution >= 0.6 is 0 Å². The number of nitrogens with one attached hydrogen (secondary N) is 1. The van der Waals surface area contributed by atoms with Crippen molar-refractivity contribution in [3.05, 3.63) is 0 Å². The van der Waals surface area contributed by atoms with Gasteiger partial charge in [-0.3, -0.25) is 0 Å². The fraction of sp³-hybridized carbons (Fsp3) is 0.875. The fourth-order valence-corrected chi connectivity index (χ4v) is 0.980. The Bertz CT molecular complexity index is 222. The lowest BCUT2D eigenvalue weighted by Gasteiger charge is -2.27. The Labute approximate surface area is 90.2 Å². The van der Waals surface area contributed by atoms with Crippen molar-refractivity contribution in [1.29, 1.82) is 0 Å². The summed E-state index contributed by atoms with van der Waals surface area (Å²) in [7, 11) is 0. The number of morpholine rings is 1. The van der Waals surface area contributed by atoms with Crippen molar-refractivity contribution < 1.29 is 32.9 Å². The van der Waals surface area contributed by atoms with Crippen molar-refractivity contribution >= 4 is 5.97 Å². The van der Waals surface area contributed by atoms with Gasteiger partial charge in [-0.05, 0) is 6.92 Å². The minimum absolute atomic E-state index is 0.00810. The molecule has 0 radical (unpaired) electrons. The molecule has 0 unspecified atom stereocenters. The Morgan fingerprint density at radius 3 is 2.25 bits per heavy atom. The van der Waals surface area contributed by atoms with E-state index in [9.17, 15) is 13.2 Å². The van der Waals surface area contributed by atoms with E-state index in [0.29, 0.717) is 0 Å². The van der Waals surface area contributed by atoms with E-state index in [4.69, 9.17) is 19.7 Å². The second-order valence-electron chi connectivity index (χ2n) is 3.21. The second-order valence-corrected chi connectivity index (χ2v) is 3.21. The molecule has 0 aromatic carbocycles. The van der Waals surface area contributed by atoms with Crippen LogP contribution in [0.4, 0.5) is 13.2 Å². The summed E-state index contributed by atoms with van der Waals surface area (Å²) in [5.74, 6) is -2.76. The van der Waals surface area contributed by atoms with Crippen LogP contribution in [0.3, 0.4) is 0 Å². The number of ether oxygens (including phenoxy) is 1. The van der Waals surface area contributed by atoms with Crippen molar-refractivity contribution in [2.45, 2.75) is 25.3 Å². The van der Waals surface area contributed by atoms with Gasteiger partial charge in [0.15, 0.2) is 0 Å². The van der Waals surface area contributed by atoms with Crippen LogP contribution < -0.4 is 5.32 Å². The van der Waals surface area contributed by atoms with Crippen molar-refractivity contribution in [2.75, 3.05) is 19.7 Å². The minimum atomic E-state index is -5.08. The van der Waals surface area contributed by atoms with Crippen molar-refractivity contribution in [3.63, 3.8) is 0 Å². The fourth-order valence-electron chi connectivity index (χ4n) is 0.980. The summed E-state index contributed by atoms with van der Waals surface area (Å²) in [5.41, 5.74) is 0. The number of halogens is 3. The molecule has 3 N–H and O–H groups in total. The molecule has 1 aliphatic heterocycles. The molecule has 0 aromatic heterocycles. The Balaban J connectivity index is 0.000000293. The largest absolute Gasteiger partial charge is 0.490 e. The molecular weight excluding hydrogens is 231 g/mol. The van der Waals surface area contributed by atoms with E-state index in [1.165, 1.54) is 0 Å². The maximum absolute atomic E-state index is 10.6. The number of hydrogen-bond acceptors (Lipinski definition) is 4. The Kier molecular flexibility index (Phi) is 6.31. The molecule has 96 valence electrons. The van der Waals surface area contributed by atoms with Crippen LogP contribution in [0.5, 0.6) is 0 Å². The smallest absolute Gasteiger partial charge is 0.475 e. The standard InChI is InChI=1S/C6H13NO2.C2HF3O2/c1-5-2-7-3-6(4-8)9-5;3-2(4,5)1(6)7/h5-8H,2-4H2,1H3;(H,6,7)/t5-,6-;/m1./s1. The molecule has 2 atom stereocenters. The molecule has 1 fully saturated rings.